The fraction of sp³-hybridized carbons (Fsp3) is 1.00. The van der Waals surface area contributed by atoms with E-state index < -0.39 is 0 Å². The molecule has 2 nitrogen and oxygen atoms in total. The van der Waals surface area contributed by atoms with Crippen molar-refractivity contribution in [1.82, 2.24) is 5.32 Å². The van der Waals surface area contributed by atoms with Gasteiger partial charge in [-0.1, -0.05) is 13.8 Å². The Labute approximate surface area is 100 Å². The first-order chi connectivity index (χ1) is 7.61. The van der Waals surface area contributed by atoms with Crippen molar-refractivity contribution in [2.75, 3.05) is 6.61 Å². The zero-order valence-corrected chi connectivity index (χ0v) is 11.1. The molecule has 1 aliphatic heterocycles. The standard InChI is InChI=1S/C14H27NO/c1-4-14(3)10-13(7-8-16-14)15-12-6-5-11(2)9-12/h11-13,15H,4-10H2,1-3H3. The highest BCUT2D eigenvalue weighted by Gasteiger charge is 2.33. The maximum absolute atomic E-state index is 5.89. The third-order valence-electron chi connectivity index (χ3n) is 4.51. The third-order valence-corrected chi connectivity index (χ3v) is 4.51. The molecule has 2 aliphatic rings. The molecule has 1 N–H and O–H groups in total. The number of hydrogen-bond donors (Lipinski definition) is 1. The van der Waals surface area contributed by atoms with Gasteiger partial charge in [-0.2, -0.15) is 0 Å². The lowest BCUT2D eigenvalue weighted by Crippen LogP contribution is -2.47. The van der Waals surface area contributed by atoms with Gasteiger partial charge in [-0.25, -0.2) is 0 Å². The lowest BCUT2D eigenvalue weighted by atomic mass is 9.89. The fourth-order valence-electron chi connectivity index (χ4n) is 3.21. The maximum atomic E-state index is 5.89. The fourth-order valence-corrected chi connectivity index (χ4v) is 3.21. The molecule has 94 valence electrons. The zero-order valence-electron chi connectivity index (χ0n) is 11.1. The molecule has 0 bridgehead atoms. The van der Waals surface area contributed by atoms with Crippen LogP contribution in [0.5, 0.6) is 0 Å². The molecule has 16 heavy (non-hydrogen) atoms. The van der Waals surface area contributed by atoms with E-state index in [1.54, 1.807) is 0 Å². The average Bonchev–Trinajstić information content (AvgIpc) is 2.64. The molecule has 2 fully saturated rings. The van der Waals surface area contributed by atoms with Crippen LogP contribution in [0.2, 0.25) is 0 Å². The van der Waals surface area contributed by atoms with Crippen molar-refractivity contribution in [3.63, 3.8) is 0 Å². The van der Waals surface area contributed by atoms with E-state index in [2.05, 4.69) is 26.1 Å². The van der Waals surface area contributed by atoms with E-state index in [0.717, 1.165) is 25.0 Å². The molecule has 0 radical (unpaired) electrons. The van der Waals surface area contributed by atoms with Gasteiger partial charge in [0.05, 0.1) is 5.60 Å². The maximum Gasteiger partial charge on any atom is 0.0666 e. The molecule has 1 aliphatic carbocycles. The van der Waals surface area contributed by atoms with E-state index in [0.29, 0.717) is 6.04 Å². The van der Waals surface area contributed by atoms with Gasteiger partial charge in [0.15, 0.2) is 0 Å². The van der Waals surface area contributed by atoms with Crippen LogP contribution in [0.15, 0.2) is 0 Å². The van der Waals surface area contributed by atoms with Gasteiger partial charge in [-0.05, 0) is 51.4 Å². The Kier molecular flexibility index (Phi) is 3.91. The van der Waals surface area contributed by atoms with Gasteiger partial charge < -0.3 is 10.1 Å². The molecule has 0 amide bonds. The minimum Gasteiger partial charge on any atom is -0.375 e. The first kappa shape index (κ1) is 12.4. The number of rotatable bonds is 3. The highest BCUT2D eigenvalue weighted by Crippen LogP contribution is 2.30. The minimum absolute atomic E-state index is 0.125. The van der Waals surface area contributed by atoms with Crippen molar-refractivity contribution in [3.05, 3.63) is 0 Å². The van der Waals surface area contributed by atoms with Crippen LogP contribution in [0.3, 0.4) is 0 Å². The van der Waals surface area contributed by atoms with E-state index in [4.69, 9.17) is 4.74 Å². The summed E-state index contributed by atoms with van der Waals surface area (Å²) in [5.74, 6) is 0.926. The van der Waals surface area contributed by atoms with Crippen LogP contribution in [0.1, 0.15) is 59.3 Å². The first-order valence-electron chi connectivity index (χ1n) is 7.01. The van der Waals surface area contributed by atoms with E-state index in [-0.39, 0.29) is 5.60 Å². The number of hydrogen-bond acceptors (Lipinski definition) is 2. The molecule has 1 saturated heterocycles. The molecule has 1 saturated carbocycles. The Hall–Kier alpha value is -0.0800. The Morgan fingerprint density at radius 1 is 1.25 bits per heavy atom. The van der Waals surface area contributed by atoms with Crippen LogP contribution >= 0.6 is 0 Å². The van der Waals surface area contributed by atoms with Crippen molar-refractivity contribution in [3.8, 4) is 0 Å². The molecule has 1 heterocycles. The number of nitrogens with one attached hydrogen (secondary N) is 1. The van der Waals surface area contributed by atoms with Gasteiger partial charge in [0.1, 0.15) is 0 Å². The van der Waals surface area contributed by atoms with Gasteiger partial charge in [-0.3, -0.25) is 0 Å². The van der Waals surface area contributed by atoms with Crippen molar-refractivity contribution >= 4 is 0 Å². The van der Waals surface area contributed by atoms with Gasteiger partial charge in [-0.15, -0.1) is 0 Å². The second-order valence-corrected chi connectivity index (χ2v) is 6.12. The molecule has 2 rings (SSSR count). The van der Waals surface area contributed by atoms with Crippen LogP contribution in [0.25, 0.3) is 0 Å². The summed E-state index contributed by atoms with van der Waals surface area (Å²) in [5, 5.41) is 3.86. The molecule has 4 atom stereocenters. The van der Waals surface area contributed by atoms with Gasteiger partial charge in [0.25, 0.3) is 0 Å². The van der Waals surface area contributed by atoms with E-state index in [1.165, 1.54) is 32.1 Å². The molecule has 2 heteroatoms. The average molecular weight is 225 g/mol. The van der Waals surface area contributed by atoms with Crippen molar-refractivity contribution in [1.29, 1.82) is 0 Å². The summed E-state index contributed by atoms with van der Waals surface area (Å²) in [7, 11) is 0. The van der Waals surface area contributed by atoms with E-state index in [1.807, 2.05) is 0 Å². The summed E-state index contributed by atoms with van der Waals surface area (Å²) in [4.78, 5) is 0. The van der Waals surface area contributed by atoms with Crippen LogP contribution in [0.4, 0.5) is 0 Å². The number of ether oxygens (including phenoxy) is 1. The summed E-state index contributed by atoms with van der Waals surface area (Å²) >= 11 is 0. The summed E-state index contributed by atoms with van der Waals surface area (Å²) in [6.07, 6.45) is 7.68. The molecule has 0 aromatic rings. The Bertz CT molecular complexity index is 231. The van der Waals surface area contributed by atoms with E-state index >= 15 is 0 Å². The van der Waals surface area contributed by atoms with Gasteiger partial charge in [0, 0.05) is 18.7 Å². The summed E-state index contributed by atoms with van der Waals surface area (Å²) in [5.41, 5.74) is 0.125. The molecule has 4 unspecified atom stereocenters. The smallest absolute Gasteiger partial charge is 0.0666 e. The predicted octanol–water partition coefficient (Wildman–Crippen LogP) is 3.11. The van der Waals surface area contributed by atoms with Crippen LogP contribution in [-0.2, 0) is 4.74 Å². The zero-order chi connectivity index (χ0) is 11.6. The molecule has 0 aromatic heterocycles. The summed E-state index contributed by atoms with van der Waals surface area (Å²) < 4.78 is 5.89. The second-order valence-electron chi connectivity index (χ2n) is 6.12. The Morgan fingerprint density at radius 2 is 2.06 bits per heavy atom. The SMILES string of the molecule is CCC1(C)CC(NC2CCC(C)C2)CCO1. The van der Waals surface area contributed by atoms with Crippen molar-refractivity contribution in [2.45, 2.75) is 77.0 Å². The van der Waals surface area contributed by atoms with Gasteiger partial charge in [0.2, 0.25) is 0 Å². The highest BCUT2D eigenvalue weighted by molar-refractivity contribution is 4.89. The lowest BCUT2D eigenvalue weighted by molar-refractivity contribution is -0.0790. The molecular formula is C14H27NO. The van der Waals surface area contributed by atoms with Crippen LogP contribution < -0.4 is 5.32 Å². The first-order valence-corrected chi connectivity index (χ1v) is 7.01. The highest BCUT2D eigenvalue weighted by atomic mass is 16.5. The second kappa shape index (κ2) is 5.05. The summed E-state index contributed by atoms with van der Waals surface area (Å²) in [6, 6.07) is 1.47. The molecule has 0 aromatic carbocycles. The largest absolute Gasteiger partial charge is 0.375 e. The van der Waals surface area contributed by atoms with Crippen LogP contribution in [-0.4, -0.2) is 24.3 Å². The Balaban J connectivity index is 1.81. The molecule has 0 spiro atoms. The Morgan fingerprint density at radius 3 is 2.69 bits per heavy atom. The predicted molar refractivity (Wildman–Crippen MR) is 67.6 cm³/mol. The molecular weight excluding hydrogens is 198 g/mol. The van der Waals surface area contributed by atoms with Crippen molar-refractivity contribution in [2.24, 2.45) is 5.92 Å². The van der Waals surface area contributed by atoms with E-state index in [9.17, 15) is 0 Å². The quantitative estimate of drug-likeness (QED) is 0.797. The summed E-state index contributed by atoms with van der Waals surface area (Å²) in [6.45, 7) is 7.81. The topological polar surface area (TPSA) is 21.3 Å². The monoisotopic (exact) mass is 225 g/mol. The van der Waals surface area contributed by atoms with Crippen molar-refractivity contribution < 1.29 is 4.74 Å². The van der Waals surface area contributed by atoms with Gasteiger partial charge >= 0.3 is 0 Å². The normalized spacial score (nSPS) is 44.8. The lowest BCUT2D eigenvalue weighted by Gasteiger charge is -2.39. The minimum atomic E-state index is 0.125. The van der Waals surface area contributed by atoms with Crippen LogP contribution in [0, 0.1) is 5.92 Å². The third kappa shape index (κ3) is 2.98.